The average Bonchev–Trinajstić information content (AvgIpc) is 3.53. The van der Waals surface area contributed by atoms with Gasteiger partial charge in [-0.05, 0) is 72.3 Å². The first-order valence-corrected chi connectivity index (χ1v) is 11.3. The Bertz CT molecular complexity index is 919. The highest BCUT2D eigenvalue weighted by molar-refractivity contribution is 6.02. The first kappa shape index (κ1) is 18.4. The molecule has 2 heteroatoms. The van der Waals surface area contributed by atoms with Crippen molar-refractivity contribution in [3.8, 4) is 0 Å². The van der Waals surface area contributed by atoms with Crippen LogP contribution in [-0.4, -0.2) is 36.5 Å². The van der Waals surface area contributed by atoms with E-state index in [4.69, 9.17) is 0 Å². The van der Waals surface area contributed by atoms with Crippen molar-refractivity contribution in [1.82, 2.24) is 0 Å². The van der Waals surface area contributed by atoms with Crippen LogP contribution in [0, 0.1) is 0 Å². The highest BCUT2D eigenvalue weighted by Gasteiger charge is 2.17. The molecule has 0 aromatic heterocycles. The zero-order chi connectivity index (χ0) is 19.5. The molecule has 0 unspecified atom stereocenters. The number of benzene rings is 1. The third-order valence-corrected chi connectivity index (χ3v) is 6.51. The Kier molecular flexibility index (Phi) is 5.34. The van der Waals surface area contributed by atoms with Crippen LogP contribution < -0.4 is 4.90 Å². The minimum absolute atomic E-state index is 1.14. The number of rotatable bonds is 3. The lowest BCUT2D eigenvalue weighted by atomic mass is 10.0. The van der Waals surface area contributed by atoms with Gasteiger partial charge in [0, 0.05) is 43.8 Å². The predicted molar refractivity (Wildman–Crippen MR) is 124 cm³/mol. The van der Waals surface area contributed by atoms with E-state index in [2.05, 4.69) is 76.3 Å². The van der Waals surface area contributed by atoms with Gasteiger partial charge in [-0.3, -0.25) is 0 Å². The minimum atomic E-state index is 1.14. The van der Waals surface area contributed by atoms with E-state index in [0.717, 1.165) is 12.8 Å². The van der Waals surface area contributed by atoms with E-state index >= 15 is 0 Å². The fourth-order valence-corrected chi connectivity index (χ4v) is 4.84. The fraction of sp³-hybridized carbons (Fsp3) is 0.370. The Morgan fingerprint density at radius 1 is 0.759 bits per heavy atom. The monoisotopic (exact) mass is 383 g/mol. The smallest absolute Gasteiger partial charge is 0.199 e. The molecule has 0 saturated carbocycles. The quantitative estimate of drug-likeness (QED) is 0.608. The molecule has 0 radical (unpaired) electrons. The molecule has 2 nitrogen and oxygen atoms in total. The van der Waals surface area contributed by atoms with E-state index in [1.807, 2.05) is 0 Å². The van der Waals surface area contributed by atoms with Crippen LogP contribution in [0.15, 0.2) is 77.4 Å². The summed E-state index contributed by atoms with van der Waals surface area (Å²) in [5.74, 6) is 0. The molecule has 2 aliphatic carbocycles. The van der Waals surface area contributed by atoms with Gasteiger partial charge in [0.1, 0.15) is 13.1 Å². The van der Waals surface area contributed by atoms with Crippen molar-refractivity contribution in [1.29, 1.82) is 0 Å². The van der Waals surface area contributed by atoms with Crippen LogP contribution in [0.3, 0.4) is 0 Å². The molecule has 1 aromatic carbocycles. The molecule has 2 saturated heterocycles. The first-order chi connectivity index (χ1) is 14.3. The second kappa shape index (κ2) is 8.41. The van der Waals surface area contributed by atoms with Gasteiger partial charge in [-0.15, -0.1) is 0 Å². The van der Waals surface area contributed by atoms with Crippen LogP contribution in [-0.2, 0) is 0 Å². The van der Waals surface area contributed by atoms with Gasteiger partial charge in [-0.2, -0.15) is 0 Å². The van der Waals surface area contributed by atoms with Crippen LogP contribution in [0.4, 0.5) is 5.69 Å². The summed E-state index contributed by atoms with van der Waals surface area (Å²) in [5, 5.41) is 0. The largest absolute Gasteiger partial charge is 0.372 e. The van der Waals surface area contributed by atoms with Gasteiger partial charge in [0.15, 0.2) is 5.71 Å². The summed E-state index contributed by atoms with van der Waals surface area (Å²) in [6.45, 7) is 4.84. The third kappa shape index (κ3) is 4.37. The molecule has 4 aliphatic rings. The molecule has 0 N–H and O–H groups in total. The van der Waals surface area contributed by atoms with Crippen molar-refractivity contribution in [3.05, 3.63) is 83.0 Å². The van der Waals surface area contributed by atoms with E-state index in [0.29, 0.717) is 0 Å². The summed E-state index contributed by atoms with van der Waals surface area (Å²) in [6, 6.07) is 9.11. The molecule has 0 amide bonds. The van der Waals surface area contributed by atoms with Gasteiger partial charge in [-0.25, -0.2) is 4.58 Å². The van der Waals surface area contributed by atoms with Crippen molar-refractivity contribution < 1.29 is 4.58 Å². The molecular formula is C27H31N2+. The lowest BCUT2D eigenvalue weighted by Crippen LogP contribution is -2.17. The van der Waals surface area contributed by atoms with Gasteiger partial charge in [0.05, 0.1) is 0 Å². The molecule has 0 atom stereocenters. The van der Waals surface area contributed by atoms with E-state index in [9.17, 15) is 0 Å². The predicted octanol–water partition coefficient (Wildman–Crippen LogP) is 5.69. The highest BCUT2D eigenvalue weighted by Crippen LogP contribution is 2.28. The average molecular weight is 384 g/mol. The maximum absolute atomic E-state index is 2.49. The molecule has 2 fully saturated rings. The van der Waals surface area contributed by atoms with Crippen LogP contribution >= 0.6 is 0 Å². The summed E-state index contributed by atoms with van der Waals surface area (Å²) in [6.07, 6.45) is 23.8. The standard InChI is InChI=1S/C27H31N2/c1-2-16-28(15-1)26-11-7-22(8-12-26)19-24-5-6-25(21-24)20-23-9-13-27(14-10-23)29-17-3-4-18-29/h7-14,19-21H,1-6,15-18H2/q+1. The van der Waals surface area contributed by atoms with Gasteiger partial charge < -0.3 is 4.90 Å². The third-order valence-electron chi connectivity index (χ3n) is 6.51. The van der Waals surface area contributed by atoms with Crippen molar-refractivity contribution >= 4 is 17.5 Å². The molecule has 2 heterocycles. The van der Waals surface area contributed by atoms with Gasteiger partial charge in [0.25, 0.3) is 0 Å². The lowest BCUT2D eigenvalue weighted by molar-refractivity contribution is -0.504. The Balaban J connectivity index is 1.25. The maximum Gasteiger partial charge on any atom is 0.199 e. The Morgan fingerprint density at radius 2 is 1.48 bits per heavy atom. The summed E-state index contributed by atoms with van der Waals surface area (Å²) in [4.78, 5) is 2.49. The van der Waals surface area contributed by atoms with Crippen molar-refractivity contribution in [2.45, 2.75) is 38.5 Å². The minimum Gasteiger partial charge on any atom is -0.372 e. The van der Waals surface area contributed by atoms with Crippen LogP contribution in [0.5, 0.6) is 0 Å². The summed E-state index contributed by atoms with van der Waals surface area (Å²) < 4.78 is 2.49. The van der Waals surface area contributed by atoms with Gasteiger partial charge >= 0.3 is 0 Å². The van der Waals surface area contributed by atoms with Crippen molar-refractivity contribution in [2.24, 2.45) is 0 Å². The van der Waals surface area contributed by atoms with Gasteiger partial charge in [0.2, 0.25) is 0 Å². The number of hydrogen-bond donors (Lipinski definition) is 0. The summed E-state index contributed by atoms with van der Waals surface area (Å²) in [7, 11) is 0. The van der Waals surface area contributed by atoms with E-state index in [1.54, 1.807) is 0 Å². The fourth-order valence-electron chi connectivity index (χ4n) is 4.84. The van der Waals surface area contributed by atoms with E-state index in [1.165, 1.54) is 85.5 Å². The summed E-state index contributed by atoms with van der Waals surface area (Å²) in [5.41, 5.74) is 8.26. The summed E-state index contributed by atoms with van der Waals surface area (Å²) >= 11 is 0. The van der Waals surface area contributed by atoms with Crippen LogP contribution in [0.25, 0.3) is 6.08 Å². The first-order valence-electron chi connectivity index (χ1n) is 11.3. The normalized spacial score (nSPS) is 22.9. The lowest BCUT2D eigenvalue weighted by Gasteiger charge is -2.17. The second-order valence-corrected chi connectivity index (χ2v) is 8.65. The van der Waals surface area contributed by atoms with Crippen LogP contribution in [0.1, 0.15) is 44.1 Å². The Morgan fingerprint density at radius 3 is 2.21 bits per heavy atom. The molecule has 0 bridgehead atoms. The molecule has 5 rings (SSSR count). The molecule has 148 valence electrons. The van der Waals surface area contributed by atoms with Crippen LogP contribution in [0.2, 0.25) is 0 Å². The topological polar surface area (TPSA) is 6.25 Å². The molecule has 29 heavy (non-hydrogen) atoms. The maximum atomic E-state index is 2.49. The number of hydrogen-bond acceptors (Lipinski definition) is 1. The van der Waals surface area contributed by atoms with E-state index < -0.39 is 0 Å². The number of nitrogens with zero attached hydrogens (tertiary/aromatic N) is 2. The molecule has 2 aliphatic heterocycles. The molecule has 0 spiro atoms. The van der Waals surface area contributed by atoms with Crippen molar-refractivity contribution in [3.63, 3.8) is 0 Å². The van der Waals surface area contributed by atoms with Gasteiger partial charge in [-0.1, -0.05) is 30.4 Å². The second-order valence-electron chi connectivity index (χ2n) is 8.65. The number of allylic oxidation sites excluding steroid dienone is 9. The number of anilines is 1. The zero-order valence-electron chi connectivity index (χ0n) is 17.3. The Hall–Kier alpha value is -2.61. The highest BCUT2D eigenvalue weighted by atomic mass is 15.1. The molecular weight excluding hydrogens is 352 g/mol. The van der Waals surface area contributed by atoms with E-state index in [-0.39, 0.29) is 0 Å². The SMILES string of the molecule is C1=CC(=[N+]2CCCC2)C=CC1=CC1=C/C(=C/c2ccc(N3CCCC3)cc2)CC1. The zero-order valence-corrected chi connectivity index (χ0v) is 17.3. The Labute approximate surface area is 174 Å². The molecule has 1 aromatic rings. The van der Waals surface area contributed by atoms with Crippen molar-refractivity contribution in [2.75, 3.05) is 31.1 Å².